The first kappa shape index (κ1) is 12.7. The number of likely N-dealkylation sites (tertiary alicyclic amines) is 1. The molecule has 0 saturated carbocycles. The van der Waals surface area contributed by atoms with E-state index in [4.69, 9.17) is 0 Å². The Kier molecular flexibility index (Phi) is 3.33. The monoisotopic (exact) mass is 262 g/mol. The summed E-state index contributed by atoms with van der Waals surface area (Å²) in [4.78, 5) is 28.0. The molecule has 19 heavy (non-hydrogen) atoms. The third-order valence-electron chi connectivity index (χ3n) is 4.86. The van der Waals surface area contributed by atoms with E-state index in [0.29, 0.717) is 18.0 Å². The third kappa shape index (κ3) is 2.28. The van der Waals surface area contributed by atoms with Crippen LogP contribution >= 0.6 is 0 Å². The van der Waals surface area contributed by atoms with Crippen molar-refractivity contribution >= 4 is 11.8 Å². The van der Waals surface area contributed by atoms with Crippen molar-refractivity contribution in [3.05, 3.63) is 12.2 Å². The first-order chi connectivity index (χ1) is 9.16. The largest absolute Gasteiger partial charge is 0.343 e. The molecule has 0 aromatic carbocycles. The molecule has 0 aromatic rings. The summed E-state index contributed by atoms with van der Waals surface area (Å²) in [6.07, 6.45) is 9.39. The van der Waals surface area contributed by atoms with Crippen LogP contribution in [0.25, 0.3) is 0 Å². The minimum Gasteiger partial charge on any atom is -0.343 e. The summed E-state index contributed by atoms with van der Waals surface area (Å²) in [5.74, 6) is 0.595. The van der Waals surface area contributed by atoms with E-state index in [9.17, 15) is 9.59 Å². The zero-order valence-electron chi connectivity index (χ0n) is 11.5. The van der Waals surface area contributed by atoms with E-state index >= 15 is 0 Å². The molecule has 0 aromatic heterocycles. The molecule has 2 amide bonds. The van der Waals surface area contributed by atoms with Gasteiger partial charge in [-0.05, 0) is 32.1 Å². The quantitative estimate of drug-likeness (QED) is 0.673. The summed E-state index contributed by atoms with van der Waals surface area (Å²) in [6, 6.07) is 0.783. The lowest BCUT2D eigenvalue weighted by molar-refractivity contribution is -0.142. The molecular formula is C15H22N2O2. The van der Waals surface area contributed by atoms with E-state index in [1.54, 1.807) is 6.92 Å². The number of hydrogen-bond donors (Lipinski definition) is 0. The normalized spacial score (nSPS) is 30.8. The molecule has 3 aliphatic heterocycles. The number of carbonyl (C=O) groups excluding carboxylic acids is 2. The minimum absolute atomic E-state index is 0.130. The highest BCUT2D eigenvalue weighted by Crippen LogP contribution is 2.34. The van der Waals surface area contributed by atoms with Gasteiger partial charge in [-0.2, -0.15) is 0 Å². The highest BCUT2D eigenvalue weighted by Gasteiger charge is 2.40. The standard InChI is InChI=1S/C15H22N2O2/c1-11(18)16-9-7-12(8-10-16)15(19)17-13-3-2-4-14(17)6-5-13/h2-3,12-14H,4-10H2,1H3. The summed E-state index contributed by atoms with van der Waals surface area (Å²) in [5.41, 5.74) is 0. The second-order valence-electron chi connectivity index (χ2n) is 5.99. The Balaban J connectivity index is 1.63. The molecule has 4 nitrogen and oxygen atoms in total. The molecule has 3 aliphatic rings. The Morgan fingerprint density at radius 2 is 1.84 bits per heavy atom. The summed E-state index contributed by atoms with van der Waals surface area (Å²) in [5, 5.41) is 0. The van der Waals surface area contributed by atoms with Crippen molar-refractivity contribution in [2.24, 2.45) is 5.92 Å². The van der Waals surface area contributed by atoms with Crippen LogP contribution in [0.3, 0.4) is 0 Å². The lowest BCUT2D eigenvalue weighted by Crippen LogP contribution is -2.48. The highest BCUT2D eigenvalue weighted by molar-refractivity contribution is 5.81. The SMILES string of the molecule is CC(=O)N1CCC(C(=O)N2C3C=CCC2CC3)CC1. The molecule has 2 unspecified atom stereocenters. The summed E-state index contributed by atoms with van der Waals surface area (Å²) >= 11 is 0. The lowest BCUT2D eigenvalue weighted by Gasteiger charge is -2.37. The van der Waals surface area contributed by atoms with Gasteiger partial charge in [0.15, 0.2) is 0 Å². The molecule has 3 heterocycles. The number of carbonyl (C=O) groups is 2. The predicted molar refractivity (Wildman–Crippen MR) is 72.4 cm³/mol. The van der Waals surface area contributed by atoms with Crippen molar-refractivity contribution in [1.82, 2.24) is 9.80 Å². The number of rotatable bonds is 1. The van der Waals surface area contributed by atoms with Crippen molar-refractivity contribution in [2.45, 2.75) is 51.1 Å². The van der Waals surface area contributed by atoms with Crippen LogP contribution in [0.5, 0.6) is 0 Å². The van der Waals surface area contributed by atoms with Crippen LogP contribution < -0.4 is 0 Å². The van der Waals surface area contributed by atoms with Gasteiger partial charge in [0.25, 0.3) is 0 Å². The summed E-state index contributed by atoms with van der Waals surface area (Å²) < 4.78 is 0. The van der Waals surface area contributed by atoms with E-state index in [0.717, 1.165) is 45.2 Å². The maximum Gasteiger partial charge on any atom is 0.226 e. The van der Waals surface area contributed by atoms with Gasteiger partial charge in [-0.15, -0.1) is 0 Å². The van der Waals surface area contributed by atoms with Gasteiger partial charge in [0.1, 0.15) is 0 Å². The predicted octanol–water partition coefficient (Wildman–Crippen LogP) is 1.56. The highest BCUT2D eigenvalue weighted by atomic mass is 16.2. The number of piperidine rings is 1. The molecule has 2 atom stereocenters. The van der Waals surface area contributed by atoms with Crippen LogP contribution in [-0.4, -0.2) is 46.8 Å². The van der Waals surface area contributed by atoms with Crippen molar-refractivity contribution in [1.29, 1.82) is 0 Å². The van der Waals surface area contributed by atoms with Gasteiger partial charge >= 0.3 is 0 Å². The van der Waals surface area contributed by atoms with Crippen molar-refractivity contribution in [3.8, 4) is 0 Å². The van der Waals surface area contributed by atoms with Crippen LogP contribution in [0.1, 0.15) is 39.0 Å². The molecule has 104 valence electrons. The van der Waals surface area contributed by atoms with E-state index in [1.165, 1.54) is 0 Å². The summed E-state index contributed by atoms with van der Waals surface area (Å²) in [6.45, 7) is 3.09. The minimum atomic E-state index is 0.130. The number of fused-ring (bicyclic) bond motifs is 2. The maximum atomic E-state index is 12.7. The molecule has 2 fully saturated rings. The average Bonchev–Trinajstić information content (AvgIpc) is 2.67. The molecule has 0 N–H and O–H groups in total. The zero-order chi connectivity index (χ0) is 13.4. The van der Waals surface area contributed by atoms with E-state index in [1.807, 2.05) is 4.90 Å². The molecule has 0 spiro atoms. The van der Waals surface area contributed by atoms with E-state index in [2.05, 4.69) is 17.1 Å². The van der Waals surface area contributed by atoms with E-state index in [-0.39, 0.29) is 11.8 Å². The Hall–Kier alpha value is -1.32. The Labute approximate surface area is 114 Å². The second-order valence-corrected chi connectivity index (χ2v) is 5.99. The van der Waals surface area contributed by atoms with Gasteiger partial charge < -0.3 is 9.80 Å². The smallest absolute Gasteiger partial charge is 0.226 e. The van der Waals surface area contributed by atoms with Crippen LogP contribution in [0.4, 0.5) is 0 Å². The molecule has 0 radical (unpaired) electrons. The van der Waals surface area contributed by atoms with Crippen LogP contribution in [-0.2, 0) is 9.59 Å². The zero-order valence-corrected chi connectivity index (χ0v) is 11.5. The third-order valence-corrected chi connectivity index (χ3v) is 4.86. The van der Waals surface area contributed by atoms with Crippen molar-refractivity contribution in [3.63, 3.8) is 0 Å². The number of amides is 2. The summed E-state index contributed by atoms with van der Waals surface area (Å²) in [7, 11) is 0. The fourth-order valence-electron chi connectivity index (χ4n) is 3.72. The Bertz CT molecular complexity index is 410. The topological polar surface area (TPSA) is 40.6 Å². The van der Waals surface area contributed by atoms with Gasteiger partial charge in [-0.3, -0.25) is 9.59 Å². The van der Waals surface area contributed by atoms with Gasteiger partial charge in [-0.1, -0.05) is 12.2 Å². The Morgan fingerprint density at radius 3 is 2.47 bits per heavy atom. The fourth-order valence-corrected chi connectivity index (χ4v) is 3.72. The van der Waals surface area contributed by atoms with Crippen LogP contribution in [0.2, 0.25) is 0 Å². The fraction of sp³-hybridized carbons (Fsp3) is 0.733. The Morgan fingerprint density at radius 1 is 1.11 bits per heavy atom. The molecule has 2 bridgehead atoms. The molecule has 2 saturated heterocycles. The molecule has 4 heteroatoms. The van der Waals surface area contributed by atoms with Gasteiger partial charge in [0.2, 0.25) is 11.8 Å². The van der Waals surface area contributed by atoms with Gasteiger partial charge in [0.05, 0.1) is 6.04 Å². The molecular weight excluding hydrogens is 240 g/mol. The maximum absolute atomic E-state index is 12.7. The van der Waals surface area contributed by atoms with Crippen LogP contribution in [0.15, 0.2) is 12.2 Å². The lowest BCUT2D eigenvalue weighted by atomic mass is 9.93. The van der Waals surface area contributed by atoms with E-state index < -0.39 is 0 Å². The average molecular weight is 262 g/mol. The first-order valence-electron chi connectivity index (χ1n) is 7.41. The van der Waals surface area contributed by atoms with Crippen LogP contribution in [0, 0.1) is 5.92 Å². The van der Waals surface area contributed by atoms with Gasteiger partial charge in [0, 0.05) is 32.0 Å². The van der Waals surface area contributed by atoms with Gasteiger partial charge in [-0.25, -0.2) is 0 Å². The number of nitrogens with zero attached hydrogens (tertiary/aromatic N) is 2. The van der Waals surface area contributed by atoms with Crippen molar-refractivity contribution < 1.29 is 9.59 Å². The first-order valence-corrected chi connectivity index (χ1v) is 7.41. The molecule has 3 rings (SSSR count). The van der Waals surface area contributed by atoms with Crippen molar-refractivity contribution in [2.75, 3.05) is 13.1 Å². The molecule has 0 aliphatic carbocycles. The number of hydrogen-bond acceptors (Lipinski definition) is 2. The second kappa shape index (κ2) is 4.99.